The van der Waals surface area contributed by atoms with Gasteiger partial charge in [0.2, 0.25) is 5.91 Å². The van der Waals surface area contributed by atoms with E-state index in [-0.39, 0.29) is 11.7 Å². The number of ether oxygens (including phenoxy) is 3. The highest BCUT2D eigenvalue weighted by molar-refractivity contribution is 5.94. The van der Waals surface area contributed by atoms with Crippen LogP contribution in [-0.4, -0.2) is 41.8 Å². The minimum Gasteiger partial charge on any atom is -0.493 e. The number of rotatable bonds is 12. The average molecular weight is 437 g/mol. The van der Waals surface area contributed by atoms with Gasteiger partial charge in [0, 0.05) is 36.1 Å². The molecule has 0 unspecified atom stereocenters. The average Bonchev–Trinajstić information content (AvgIpc) is 3.30. The molecule has 8 heteroatoms. The number of anilines is 1. The van der Waals surface area contributed by atoms with Crippen LogP contribution in [0, 0.1) is 0 Å². The summed E-state index contributed by atoms with van der Waals surface area (Å²) in [6.45, 7) is 2.97. The number of hydrogen-bond donors (Lipinski definition) is 1. The van der Waals surface area contributed by atoms with Crippen molar-refractivity contribution in [2.45, 2.75) is 26.3 Å². The van der Waals surface area contributed by atoms with Gasteiger partial charge in [-0.3, -0.25) is 14.3 Å². The lowest BCUT2D eigenvalue weighted by molar-refractivity contribution is -0.116. The van der Waals surface area contributed by atoms with Gasteiger partial charge in [-0.1, -0.05) is 6.07 Å². The Morgan fingerprint density at radius 3 is 2.66 bits per heavy atom. The zero-order valence-electron chi connectivity index (χ0n) is 18.2. The zero-order valence-corrected chi connectivity index (χ0v) is 18.2. The normalized spacial score (nSPS) is 10.4. The Morgan fingerprint density at radius 1 is 1.03 bits per heavy atom. The Hall–Kier alpha value is -3.81. The largest absolute Gasteiger partial charge is 0.493 e. The molecule has 0 fully saturated rings. The second-order valence-corrected chi connectivity index (χ2v) is 7.07. The Balaban J connectivity index is 1.41. The van der Waals surface area contributed by atoms with Gasteiger partial charge in [-0.15, -0.1) is 0 Å². The van der Waals surface area contributed by atoms with Crippen LogP contribution in [0.1, 0.15) is 30.1 Å². The van der Waals surface area contributed by atoms with E-state index in [1.54, 1.807) is 35.1 Å². The minimum absolute atomic E-state index is 0.0427. The highest BCUT2D eigenvalue weighted by atomic mass is 16.5. The summed E-state index contributed by atoms with van der Waals surface area (Å²) >= 11 is 0. The molecule has 32 heavy (non-hydrogen) atoms. The molecule has 0 atom stereocenters. The number of amides is 1. The van der Waals surface area contributed by atoms with Crippen molar-refractivity contribution in [3.05, 3.63) is 66.5 Å². The highest BCUT2D eigenvalue weighted by Gasteiger charge is 2.09. The summed E-state index contributed by atoms with van der Waals surface area (Å²) in [5.74, 6) is 1.56. The lowest BCUT2D eigenvalue weighted by atomic mass is 10.1. The predicted octanol–water partition coefficient (Wildman–Crippen LogP) is 3.97. The third kappa shape index (κ3) is 6.87. The van der Waals surface area contributed by atoms with Crippen LogP contribution in [0.3, 0.4) is 0 Å². The Labute approximate surface area is 187 Å². The molecule has 3 aromatic rings. The van der Waals surface area contributed by atoms with E-state index in [9.17, 15) is 9.59 Å². The number of Topliss-reactive ketones (excluding diaryl/α,β-unsaturated/α-hetero) is 1. The van der Waals surface area contributed by atoms with Gasteiger partial charge in [-0.2, -0.15) is 5.10 Å². The van der Waals surface area contributed by atoms with E-state index >= 15 is 0 Å². The lowest BCUT2D eigenvalue weighted by Crippen LogP contribution is -2.13. The summed E-state index contributed by atoms with van der Waals surface area (Å²) in [6, 6.07) is 14.2. The first-order chi connectivity index (χ1) is 15.5. The predicted molar refractivity (Wildman–Crippen MR) is 121 cm³/mol. The van der Waals surface area contributed by atoms with Crippen molar-refractivity contribution in [2.24, 2.45) is 0 Å². The molecule has 0 saturated heterocycles. The molecule has 1 amide bonds. The number of carbonyl (C=O) groups is 2. The van der Waals surface area contributed by atoms with Crippen molar-refractivity contribution in [3.63, 3.8) is 0 Å². The fourth-order valence-electron chi connectivity index (χ4n) is 3.00. The number of benzene rings is 2. The van der Waals surface area contributed by atoms with Crippen LogP contribution in [0.25, 0.3) is 0 Å². The monoisotopic (exact) mass is 437 g/mol. The molecule has 0 bridgehead atoms. The maximum Gasteiger partial charge on any atom is 0.224 e. The van der Waals surface area contributed by atoms with Gasteiger partial charge < -0.3 is 19.5 Å². The van der Waals surface area contributed by atoms with Gasteiger partial charge in [0.15, 0.2) is 17.3 Å². The van der Waals surface area contributed by atoms with Crippen molar-refractivity contribution in [1.29, 1.82) is 0 Å². The van der Waals surface area contributed by atoms with Gasteiger partial charge >= 0.3 is 0 Å². The fraction of sp³-hybridized carbons (Fsp3) is 0.292. The van der Waals surface area contributed by atoms with Crippen molar-refractivity contribution in [1.82, 2.24) is 9.78 Å². The quantitative estimate of drug-likeness (QED) is 0.341. The van der Waals surface area contributed by atoms with Crippen molar-refractivity contribution in [2.75, 3.05) is 25.6 Å². The zero-order chi connectivity index (χ0) is 22.8. The smallest absolute Gasteiger partial charge is 0.224 e. The molecule has 0 radical (unpaired) electrons. The Bertz CT molecular complexity index is 1030. The lowest BCUT2D eigenvalue weighted by Gasteiger charge is -2.12. The summed E-state index contributed by atoms with van der Waals surface area (Å²) in [4.78, 5) is 23.7. The highest BCUT2D eigenvalue weighted by Crippen LogP contribution is 2.28. The third-order valence-electron chi connectivity index (χ3n) is 4.64. The van der Waals surface area contributed by atoms with E-state index in [4.69, 9.17) is 14.2 Å². The van der Waals surface area contributed by atoms with Crippen molar-refractivity contribution < 1.29 is 23.8 Å². The number of nitrogens with zero attached hydrogens (tertiary/aromatic N) is 2. The van der Waals surface area contributed by atoms with Crippen LogP contribution in [0.5, 0.6) is 17.2 Å². The molecule has 1 N–H and O–H groups in total. The van der Waals surface area contributed by atoms with E-state index in [0.29, 0.717) is 61.1 Å². The summed E-state index contributed by atoms with van der Waals surface area (Å²) in [5.41, 5.74) is 1.23. The maximum absolute atomic E-state index is 12.3. The van der Waals surface area contributed by atoms with Crippen LogP contribution in [-0.2, 0) is 11.3 Å². The van der Waals surface area contributed by atoms with Crippen LogP contribution in [0.2, 0.25) is 0 Å². The van der Waals surface area contributed by atoms with Gasteiger partial charge in [-0.25, -0.2) is 0 Å². The summed E-state index contributed by atoms with van der Waals surface area (Å²) in [6.07, 6.45) is 4.44. The van der Waals surface area contributed by atoms with Crippen LogP contribution < -0.4 is 19.5 Å². The molecule has 1 aromatic heterocycles. The third-order valence-corrected chi connectivity index (χ3v) is 4.64. The topological polar surface area (TPSA) is 91.7 Å². The van der Waals surface area contributed by atoms with Gasteiger partial charge in [-0.05, 0) is 49.7 Å². The number of hydrogen-bond acceptors (Lipinski definition) is 6. The second kappa shape index (κ2) is 11.5. The summed E-state index contributed by atoms with van der Waals surface area (Å²) < 4.78 is 18.5. The number of nitrogens with one attached hydrogen (secondary N) is 1. The molecule has 0 aliphatic carbocycles. The Morgan fingerprint density at radius 2 is 1.91 bits per heavy atom. The molecule has 0 spiro atoms. The van der Waals surface area contributed by atoms with Gasteiger partial charge in [0.25, 0.3) is 0 Å². The van der Waals surface area contributed by atoms with E-state index in [2.05, 4.69) is 10.4 Å². The number of carbonyl (C=O) groups excluding carboxylic acids is 2. The maximum atomic E-state index is 12.3. The number of ketones is 1. The molecule has 2 aromatic carbocycles. The van der Waals surface area contributed by atoms with Crippen LogP contribution in [0.4, 0.5) is 5.69 Å². The standard InChI is InChI=1S/C24H27N3O5/c1-18(28)19-9-10-22(23(16-19)30-2)32-14-4-8-24(29)26-20-6-3-7-21(17-20)31-15-13-27-12-5-11-25-27/h3,5-7,9-12,16-17H,4,8,13-15H2,1-2H3,(H,26,29). The molecular formula is C24H27N3O5. The first kappa shape index (κ1) is 22.9. The second-order valence-electron chi connectivity index (χ2n) is 7.07. The fourth-order valence-corrected chi connectivity index (χ4v) is 3.00. The van der Waals surface area contributed by atoms with Gasteiger partial charge in [0.05, 0.1) is 20.3 Å². The van der Waals surface area contributed by atoms with Crippen LogP contribution >= 0.6 is 0 Å². The number of methoxy groups -OCH3 is 1. The number of aromatic nitrogens is 2. The molecule has 0 saturated carbocycles. The van der Waals surface area contributed by atoms with Crippen molar-refractivity contribution >= 4 is 17.4 Å². The van der Waals surface area contributed by atoms with Crippen molar-refractivity contribution in [3.8, 4) is 17.2 Å². The molecule has 0 aliphatic rings. The SMILES string of the molecule is COc1cc(C(C)=O)ccc1OCCCC(=O)Nc1cccc(OCCn2cccn2)c1. The molecule has 3 rings (SSSR count). The van der Waals surface area contributed by atoms with E-state index in [1.807, 2.05) is 30.5 Å². The Kier molecular flexibility index (Phi) is 8.25. The van der Waals surface area contributed by atoms with Gasteiger partial charge in [0.1, 0.15) is 12.4 Å². The molecular weight excluding hydrogens is 410 g/mol. The van der Waals surface area contributed by atoms with E-state index in [1.165, 1.54) is 14.0 Å². The first-order valence-corrected chi connectivity index (χ1v) is 10.4. The summed E-state index contributed by atoms with van der Waals surface area (Å²) in [7, 11) is 1.52. The molecule has 0 aliphatic heterocycles. The van der Waals surface area contributed by atoms with E-state index < -0.39 is 0 Å². The minimum atomic E-state index is -0.110. The molecule has 8 nitrogen and oxygen atoms in total. The molecule has 1 heterocycles. The van der Waals surface area contributed by atoms with Crippen LogP contribution in [0.15, 0.2) is 60.9 Å². The molecule has 168 valence electrons. The van der Waals surface area contributed by atoms with E-state index in [0.717, 1.165) is 0 Å². The summed E-state index contributed by atoms with van der Waals surface area (Å²) in [5, 5.41) is 7.00. The first-order valence-electron chi connectivity index (χ1n) is 10.4.